The van der Waals surface area contributed by atoms with Gasteiger partial charge >= 0.3 is 0 Å². The van der Waals surface area contributed by atoms with E-state index >= 15 is 0 Å². The number of rotatable bonds is 8. The van der Waals surface area contributed by atoms with E-state index in [1.54, 1.807) is 38.5 Å². The maximum atomic E-state index is 13.4. The molecule has 0 fully saturated rings. The zero-order valence-electron chi connectivity index (χ0n) is 17.2. The molecule has 0 spiro atoms. The van der Waals surface area contributed by atoms with Crippen LogP contribution in [0.25, 0.3) is 0 Å². The monoisotopic (exact) mass is 517 g/mol. The molecule has 1 atom stereocenters. The lowest BCUT2D eigenvalue weighted by Crippen LogP contribution is -2.38. The van der Waals surface area contributed by atoms with E-state index in [1.165, 1.54) is 12.1 Å². The first-order valence-electron chi connectivity index (χ1n) is 9.11. The van der Waals surface area contributed by atoms with E-state index in [2.05, 4.69) is 10.3 Å². The van der Waals surface area contributed by atoms with Crippen LogP contribution in [-0.4, -0.2) is 50.3 Å². The molecule has 1 unspecified atom stereocenters. The molecule has 29 heavy (non-hydrogen) atoms. The van der Waals surface area contributed by atoms with Crippen LogP contribution in [0.2, 0.25) is 0 Å². The number of aliphatic hydroxyl groups is 1. The lowest BCUT2D eigenvalue weighted by molar-refractivity contribution is 0.185. The molecule has 0 aliphatic rings. The SMILES string of the molecule is CCNC(=NCC(O)c1cc(OC)cc(OC)c1)N(C)Cc1cccc(F)c1.I. The number of guanidine groups is 1. The summed E-state index contributed by atoms with van der Waals surface area (Å²) >= 11 is 0. The quantitative estimate of drug-likeness (QED) is 0.319. The molecule has 0 aromatic heterocycles. The molecule has 2 aromatic rings. The van der Waals surface area contributed by atoms with E-state index in [0.717, 1.165) is 5.56 Å². The van der Waals surface area contributed by atoms with E-state index in [4.69, 9.17) is 9.47 Å². The Balaban J connectivity index is 0.00000420. The average molecular weight is 517 g/mol. The number of methoxy groups -OCH3 is 2. The molecule has 0 heterocycles. The topological polar surface area (TPSA) is 66.3 Å². The zero-order chi connectivity index (χ0) is 20.5. The summed E-state index contributed by atoms with van der Waals surface area (Å²) in [5.41, 5.74) is 1.50. The second-order valence-corrected chi connectivity index (χ2v) is 6.34. The summed E-state index contributed by atoms with van der Waals surface area (Å²) < 4.78 is 23.9. The fourth-order valence-corrected chi connectivity index (χ4v) is 2.75. The Bertz CT molecular complexity index is 782. The molecule has 0 amide bonds. The van der Waals surface area contributed by atoms with Crippen LogP contribution in [0.5, 0.6) is 11.5 Å². The van der Waals surface area contributed by atoms with Gasteiger partial charge in [-0.05, 0) is 42.3 Å². The predicted octanol–water partition coefficient (Wildman–Crippen LogP) is 3.59. The minimum atomic E-state index is -0.819. The molecule has 2 N–H and O–H groups in total. The number of aliphatic imine (C=N–C) groups is 1. The fraction of sp³-hybridized carbons (Fsp3) is 0.381. The highest BCUT2D eigenvalue weighted by Crippen LogP contribution is 2.26. The number of hydrogen-bond acceptors (Lipinski definition) is 4. The molecule has 0 bridgehead atoms. The third-order valence-electron chi connectivity index (χ3n) is 4.18. The first kappa shape index (κ1) is 25.0. The molecular formula is C21H29FIN3O3. The Labute approximate surface area is 188 Å². The Kier molecular flexibility index (Phi) is 10.7. The van der Waals surface area contributed by atoms with Crippen molar-refractivity contribution >= 4 is 29.9 Å². The van der Waals surface area contributed by atoms with E-state index in [-0.39, 0.29) is 36.3 Å². The molecule has 0 aliphatic carbocycles. The van der Waals surface area contributed by atoms with Crippen LogP contribution in [-0.2, 0) is 6.54 Å². The van der Waals surface area contributed by atoms with Gasteiger partial charge in [-0.3, -0.25) is 4.99 Å². The number of nitrogens with zero attached hydrogens (tertiary/aromatic N) is 2. The van der Waals surface area contributed by atoms with Crippen molar-refractivity contribution < 1.29 is 19.0 Å². The van der Waals surface area contributed by atoms with Crippen molar-refractivity contribution in [3.05, 3.63) is 59.4 Å². The number of hydrogen-bond donors (Lipinski definition) is 2. The third-order valence-corrected chi connectivity index (χ3v) is 4.18. The Morgan fingerprint density at radius 2 is 1.83 bits per heavy atom. The zero-order valence-corrected chi connectivity index (χ0v) is 19.5. The van der Waals surface area contributed by atoms with Crippen LogP contribution < -0.4 is 14.8 Å². The van der Waals surface area contributed by atoms with Crippen LogP contribution >= 0.6 is 24.0 Å². The van der Waals surface area contributed by atoms with Gasteiger partial charge in [0.2, 0.25) is 0 Å². The summed E-state index contributed by atoms with van der Waals surface area (Å²) in [5.74, 6) is 1.57. The molecule has 160 valence electrons. The van der Waals surface area contributed by atoms with Gasteiger partial charge in [0.25, 0.3) is 0 Å². The van der Waals surface area contributed by atoms with E-state index in [9.17, 15) is 9.50 Å². The second kappa shape index (κ2) is 12.5. The highest BCUT2D eigenvalue weighted by atomic mass is 127. The molecule has 0 saturated heterocycles. The average Bonchev–Trinajstić information content (AvgIpc) is 2.70. The van der Waals surface area contributed by atoms with Crippen molar-refractivity contribution in [3.63, 3.8) is 0 Å². The predicted molar refractivity (Wildman–Crippen MR) is 124 cm³/mol. The van der Waals surface area contributed by atoms with Crippen molar-refractivity contribution in [1.82, 2.24) is 10.2 Å². The minimum absolute atomic E-state index is 0. The first-order valence-corrected chi connectivity index (χ1v) is 9.11. The normalized spacial score (nSPS) is 12.0. The largest absolute Gasteiger partial charge is 0.497 e. The summed E-state index contributed by atoms with van der Waals surface area (Å²) in [6, 6.07) is 11.7. The summed E-state index contributed by atoms with van der Waals surface area (Å²) in [7, 11) is 4.99. The molecular weight excluding hydrogens is 488 g/mol. The smallest absolute Gasteiger partial charge is 0.194 e. The third kappa shape index (κ3) is 7.69. The number of ether oxygens (including phenoxy) is 2. The Hall–Kier alpha value is -2.07. The Morgan fingerprint density at radius 1 is 1.17 bits per heavy atom. The van der Waals surface area contributed by atoms with Gasteiger partial charge in [-0.1, -0.05) is 12.1 Å². The molecule has 0 saturated carbocycles. The maximum Gasteiger partial charge on any atom is 0.194 e. The Morgan fingerprint density at radius 3 is 2.38 bits per heavy atom. The molecule has 0 radical (unpaired) electrons. The molecule has 8 heteroatoms. The van der Waals surface area contributed by atoms with Crippen molar-refractivity contribution in [2.24, 2.45) is 4.99 Å². The second-order valence-electron chi connectivity index (χ2n) is 6.34. The highest BCUT2D eigenvalue weighted by Gasteiger charge is 2.13. The summed E-state index contributed by atoms with van der Waals surface area (Å²) in [5, 5.41) is 13.8. The van der Waals surface area contributed by atoms with E-state index in [1.807, 2.05) is 24.9 Å². The summed E-state index contributed by atoms with van der Waals surface area (Å²) in [6.07, 6.45) is -0.819. The lowest BCUT2D eigenvalue weighted by Gasteiger charge is -2.23. The van der Waals surface area contributed by atoms with Gasteiger partial charge in [-0.2, -0.15) is 0 Å². The van der Waals surface area contributed by atoms with Gasteiger partial charge in [0, 0.05) is 26.2 Å². The number of halogens is 2. The maximum absolute atomic E-state index is 13.4. The first-order chi connectivity index (χ1) is 13.5. The fourth-order valence-electron chi connectivity index (χ4n) is 2.75. The van der Waals surface area contributed by atoms with Crippen LogP contribution in [0.4, 0.5) is 4.39 Å². The van der Waals surface area contributed by atoms with Crippen molar-refractivity contribution in [2.75, 3.05) is 34.4 Å². The number of aliphatic hydroxyl groups excluding tert-OH is 1. The van der Waals surface area contributed by atoms with Gasteiger partial charge < -0.3 is 24.8 Å². The standard InChI is InChI=1S/C21H28FN3O3.HI/c1-5-23-21(25(2)14-15-7-6-8-17(22)9-15)24-13-20(26)16-10-18(27-3)12-19(11-16)28-4;/h6-12,20,26H,5,13-14H2,1-4H3,(H,23,24);1H. The van der Waals surface area contributed by atoms with Crippen molar-refractivity contribution in [2.45, 2.75) is 19.6 Å². The lowest BCUT2D eigenvalue weighted by atomic mass is 10.1. The van der Waals surface area contributed by atoms with Crippen LogP contribution in [0.15, 0.2) is 47.5 Å². The van der Waals surface area contributed by atoms with Crippen molar-refractivity contribution in [1.29, 1.82) is 0 Å². The molecule has 2 rings (SSSR count). The number of benzene rings is 2. The number of nitrogens with one attached hydrogen (secondary N) is 1. The van der Waals surface area contributed by atoms with E-state index < -0.39 is 6.10 Å². The van der Waals surface area contributed by atoms with Gasteiger partial charge in [0.1, 0.15) is 17.3 Å². The van der Waals surface area contributed by atoms with Crippen LogP contribution in [0, 0.1) is 5.82 Å². The summed E-state index contributed by atoms with van der Waals surface area (Å²) in [4.78, 5) is 6.41. The molecule has 0 aliphatic heterocycles. The van der Waals surface area contributed by atoms with Gasteiger partial charge in [0.15, 0.2) is 5.96 Å². The molecule has 2 aromatic carbocycles. The summed E-state index contributed by atoms with van der Waals surface area (Å²) in [6.45, 7) is 3.29. The highest BCUT2D eigenvalue weighted by molar-refractivity contribution is 14.0. The van der Waals surface area contributed by atoms with Crippen LogP contribution in [0.1, 0.15) is 24.2 Å². The van der Waals surface area contributed by atoms with Gasteiger partial charge in [-0.15, -0.1) is 24.0 Å². The van der Waals surface area contributed by atoms with Gasteiger partial charge in [-0.25, -0.2) is 4.39 Å². The van der Waals surface area contributed by atoms with Gasteiger partial charge in [0.05, 0.1) is 26.9 Å². The van der Waals surface area contributed by atoms with Crippen molar-refractivity contribution in [3.8, 4) is 11.5 Å². The molecule has 6 nitrogen and oxygen atoms in total. The van der Waals surface area contributed by atoms with E-state index in [0.29, 0.717) is 36.1 Å². The minimum Gasteiger partial charge on any atom is -0.497 e. The van der Waals surface area contributed by atoms with Crippen LogP contribution in [0.3, 0.4) is 0 Å².